The molecular weight excluding hydrogens is 1050 g/mol. The molecule has 0 unspecified atom stereocenters. The number of Topliss-reactive ketones (excluding diaryl/α,β-unsaturated/α-hetero) is 2. The molecule has 1 saturated heterocycles. The van der Waals surface area contributed by atoms with Gasteiger partial charge in [-0.15, -0.1) is 0 Å². The second-order valence-corrected chi connectivity index (χ2v) is 24.5. The Morgan fingerprint density at radius 3 is 1.25 bits per heavy atom. The molecule has 0 aromatic carbocycles. The van der Waals surface area contributed by atoms with E-state index in [0.29, 0.717) is 0 Å². The van der Waals surface area contributed by atoms with Gasteiger partial charge in [-0.1, -0.05) is 129 Å². The van der Waals surface area contributed by atoms with Crippen LogP contribution >= 0.6 is 0 Å². The summed E-state index contributed by atoms with van der Waals surface area (Å²) in [5.74, 6) is -16.1. The van der Waals surface area contributed by atoms with Crippen LogP contribution in [-0.2, 0) is 86.0 Å². The van der Waals surface area contributed by atoms with Gasteiger partial charge in [0.1, 0.15) is 24.7 Å². The van der Waals surface area contributed by atoms with Crippen LogP contribution in [0.1, 0.15) is 182 Å². The monoisotopic (exact) mass is 1150 g/mol. The van der Waals surface area contributed by atoms with Crippen LogP contribution in [0.4, 0.5) is 0 Å². The molecule has 0 aromatic rings. The molecule has 11 atom stereocenters. The summed E-state index contributed by atoms with van der Waals surface area (Å²) in [6, 6.07) is -4.05. The van der Waals surface area contributed by atoms with Crippen LogP contribution in [0.25, 0.3) is 0 Å². The van der Waals surface area contributed by atoms with E-state index < -0.39 is 187 Å². The first kappa shape index (κ1) is 71.1. The molecule has 0 bridgehead atoms. The lowest BCUT2D eigenvalue weighted by Crippen LogP contribution is -2.53. The summed E-state index contributed by atoms with van der Waals surface area (Å²) in [4.78, 5) is 165. The first-order chi connectivity index (χ1) is 37.6. The van der Waals surface area contributed by atoms with Crippen LogP contribution in [0.15, 0.2) is 0 Å². The Hall–Kier alpha value is -5.96. The molecule has 22 heteroatoms. The predicted octanol–water partition coefficient (Wildman–Crippen LogP) is 5.59. The molecular formula is C59H96N4O18. The molecule has 22 nitrogen and oxygen atoms in total. The average molecular weight is 1150 g/mol. The third kappa shape index (κ3) is 23.8. The van der Waals surface area contributed by atoms with Gasteiger partial charge in [0.05, 0.1) is 11.8 Å². The number of rotatable bonds is 11. The second-order valence-electron chi connectivity index (χ2n) is 24.5. The third-order valence-corrected chi connectivity index (χ3v) is 14.6. The number of nitrogens with one attached hydrogen (secondary N) is 4. The number of hydrogen-bond acceptors (Lipinski definition) is 18. The number of carbonyl (C=O) groups excluding carboxylic acids is 12. The van der Waals surface area contributed by atoms with Crippen molar-refractivity contribution in [1.82, 2.24) is 21.3 Å². The molecule has 0 radical (unpaired) electrons. The van der Waals surface area contributed by atoms with Gasteiger partial charge in [0.25, 0.3) is 23.6 Å². The van der Waals surface area contributed by atoms with Crippen molar-refractivity contribution in [2.24, 2.45) is 59.2 Å². The van der Waals surface area contributed by atoms with E-state index >= 15 is 0 Å². The van der Waals surface area contributed by atoms with Crippen LogP contribution < -0.4 is 21.3 Å². The summed E-state index contributed by atoms with van der Waals surface area (Å²) in [6.07, 6.45) is -5.17. The van der Waals surface area contributed by atoms with E-state index in [1.54, 1.807) is 96.9 Å². The van der Waals surface area contributed by atoms with Crippen LogP contribution in [0.3, 0.4) is 0 Å². The van der Waals surface area contributed by atoms with E-state index in [9.17, 15) is 57.5 Å². The molecule has 2 rings (SSSR count). The molecule has 0 spiro atoms. The minimum Gasteiger partial charge on any atom is -0.453 e. The van der Waals surface area contributed by atoms with Gasteiger partial charge in [0.15, 0.2) is 48.2 Å². The fourth-order valence-corrected chi connectivity index (χ4v) is 9.29. The standard InChI is InChI=1S/C59H96N4O18/c1-29(2)23-44-43(65)27-41(32(7)8)55(71)77-37(16)51(67)60-28-47(66)79-46(25-39-21-19-18-20-22-39)54(70)63-48(33(9)10)57(73)76-36(15)42(64)26-40(31(5)6)56(72)81-45(24-30(3)4)53(69)62-49(34(11)12)58(74)78-38(17)52(68)61-50(35(13)14)59(75)80-44/h29-41,44-46,48-50H,18-28H2,1-17H3,(H,60,67)(H,61,68)(H,62,69)(H,63,70)/t36-,37-,38-,40-,41+,44+,45+,46+,48+,49+,50-/m0/s1. The van der Waals surface area contributed by atoms with Crippen molar-refractivity contribution in [3.05, 3.63) is 0 Å². The Kier molecular flexibility index (Phi) is 29.7. The smallest absolute Gasteiger partial charge is 0.329 e. The molecule has 460 valence electrons. The van der Waals surface area contributed by atoms with Gasteiger partial charge in [-0.05, 0) is 87.4 Å². The Balaban J connectivity index is 2.64. The van der Waals surface area contributed by atoms with Crippen LogP contribution in [0.2, 0.25) is 0 Å². The summed E-state index contributed by atoms with van der Waals surface area (Å²) in [6.45, 7) is 26.6. The van der Waals surface area contributed by atoms with Gasteiger partial charge in [-0.2, -0.15) is 0 Å². The largest absolute Gasteiger partial charge is 0.453 e. The summed E-state index contributed by atoms with van der Waals surface area (Å²) in [5.41, 5.74) is 0. The van der Waals surface area contributed by atoms with E-state index in [2.05, 4.69) is 21.3 Å². The van der Waals surface area contributed by atoms with E-state index in [1.807, 2.05) is 0 Å². The highest BCUT2D eigenvalue weighted by Crippen LogP contribution is 2.29. The number of ether oxygens (including phenoxy) is 6. The van der Waals surface area contributed by atoms with Crippen LogP contribution in [0, 0.1) is 59.2 Å². The molecule has 2 aliphatic rings. The average Bonchev–Trinajstić information content (AvgIpc) is 3.37. The summed E-state index contributed by atoms with van der Waals surface area (Å²) < 4.78 is 34.0. The van der Waals surface area contributed by atoms with Crippen molar-refractivity contribution in [2.75, 3.05) is 6.54 Å². The van der Waals surface area contributed by atoms with E-state index in [1.165, 1.54) is 20.8 Å². The molecule has 1 aliphatic carbocycles. The maximum Gasteiger partial charge on any atom is 0.329 e. The fraction of sp³-hybridized carbons (Fsp3) is 0.797. The predicted molar refractivity (Wildman–Crippen MR) is 296 cm³/mol. The lowest BCUT2D eigenvalue weighted by atomic mass is 9.85. The number of hydrogen-bond donors (Lipinski definition) is 4. The molecule has 4 amide bonds. The lowest BCUT2D eigenvalue weighted by molar-refractivity contribution is -0.166. The maximum absolute atomic E-state index is 14.1. The van der Waals surface area contributed by atoms with E-state index in [4.69, 9.17) is 28.4 Å². The zero-order chi connectivity index (χ0) is 61.7. The van der Waals surface area contributed by atoms with E-state index in [0.717, 1.165) is 32.1 Å². The van der Waals surface area contributed by atoms with Crippen LogP contribution in [0.5, 0.6) is 0 Å². The van der Waals surface area contributed by atoms with Crippen molar-refractivity contribution in [1.29, 1.82) is 0 Å². The topological polar surface area (TPSA) is 308 Å². The van der Waals surface area contributed by atoms with Gasteiger partial charge in [-0.3, -0.25) is 43.2 Å². The van der Waals surface area contributed by atoms with Crippen molar-refractivity contribution < 1.29 is 86.0 Å². The minimum absolute atomic E-state index is 0.00302. The molecule has 1 aliphatic heterocycles. The zero-order valence-corrected chi connectivity index (χ0v) is 51.1. The van der Waals surface area contributed by atoms with Crippen molar-refractivity contribution in [3.8, 4) is 0 Å². The number of cyclic esters (lactones) is 6. The molecule has 1 saturated carbocycles. The van der Waals surface area contributed by atoms with Crippen molar-refractivity contribution in [3.63, 3.8) is 0 Å². The van der Waals surface area contributed by atoms with Crippen LogP contribution in [-0.4, -0.2) is 132 Å². The van der Waals surface area contributed by atoms with E-state index in [-0.39, 0.29) is 37.0 Å². The van der Waals surface area contributed by atoms with Gasteiger partial charge < -0.3 is 49.7 Å². The summed E-state index contributed by atoms with van der Waals surface area (Å²) in [7, 11) is 0. The number of ketones is 2. The van der Waals surface area contributed by atoms with Crippen molar-refractivity contribution in [2.45, 2.75) is 237 Å². The fourth-order valence-electron chi connectivity index (χ4n) is 9.29. The Bertz CT molecular complexity index is 2180. The van der Waals surface area contributed by atoms with Crippen molar-refractivity contribution >= 4 is 71.0 Å². The highest BCUT2D eigenvalue weighted by Gasteiger charge is 2.41. The molecule has 4 N–H and O–H groups in total. The lowest BCUT2D eigenvalue weighted by Gasteiger charge is -2.29. The molecule has 2 fully saturated rings. The minimum atomic E-state index is -1.53. The highest BCUT2D eigenvalue weighted by molar-refractivity contribution is 5.95. The third-order valence-electron chi connectivity index (χ3n) is 14.6. The van der Waals surface area contributed by atoms with Gasteiger partial charge in [-0.25, -0.2) is 14.4 Å². The summed E-state index contributed by atoms with van der Waals surface area (Å²) >= 11 is 0. The summed E-state index contributed by atoms with van der Waals surface area (Å²) in [5, 5.41) is 10.2. The SMILES string of the molecule is CC(C)C[C@H]1OC(=O)[C@H](C(C)C)NC(=O)[C@H](C)OC(=O)[C@@H](C(C)C)NC(=O)[C@@H](CC(C)C)OC(=O)[C@H](C(C)C)CC(=O)[C@H](C)OC(=O)[C@@H](C(C)C)NC(=O)[C@@H](CC2CCCCC2)OC(=O)CNC(=O)[C@H](C)OC(=O)[C@@H](C(C)C)CC1=O. The Morgan fingerprint density at radius 2 is 0.778 bits per heavy atom. The first-order valence-corrected chi connectivity index (χ1v) is 29.1. The number of esters is 6. The Labute approximate surface area is 479 Å². The maximum atomic E-state index is 14.1. The second kappa shape index (κ2) is 33.8. The Morgan fingerprint density at radius 1 is 0.395 bits per heavy atom. The molecule has 0 aromatic heterocycles. The van der Waals surface area contributed by atoms with Gasteiger partial charge in [0, 0.05) is 12.8 Å². The quantitative estimate of drug-likeness (QED) is 0.145. The number of carbonyl (C=O) groups is 12. The number of amides is 4. The van der Waals surface area contributed by atoms with Gasteiger partial charge >= 0.3 is 35.8 Å². The molecule has 81 heavy (non-hydrogen) atoms. The normalized spacial score (nSPS) is 28.7. The first-order valence-electron chi connectivity index (χ1n) is 29.1. The van der Waals surface area contributed by atoms with Gasteiger partial charge in [0.2, 0.25) is 0 Å². The highest BCUT2D eigenvalue weighted by atomic mass is 16.6. The zero-order valence-electron chi connectivity index (χ0n) is 51.1. The molecule has 1 heterocycles.